The van der Waals surface area contributed by atoms with Crippen molar-refractivity contribution in [2.24, 2.45) is 5.92 Å². The third-order valence-electron chi connectivity index (χ3n) is 6.44. The molecular weight excluding hydrogens is 428 g/mol. The van der Waals surface area contributed by atoms with Crippen LogP contribution in [0.5, 0.6) is 0 Å². The number of amides is 3. The molecule has 2 aromatic carbocycles. The minimum atomic E-state index is -0.974. The van der Waals surface area contributed by atoms with Crippen molar-refractivity contribution in [3.05, 3.63) is 59.1 Å². The van der Waals surface area contributed by atoms with Crippen molar-refractivity contribution in [3.8, 4) is 0 Å². The van der Waals surface area contributed by atoms with Crippen molar-refractivity contribution in [3.63, 3.8) is 0 Å². The molecule has 0 spiro atoms. The van der Waals surface area contributed by atoms with E-state index in [0.29, 0.717) is 18.4 Å². The number of likely N-dealkylation sites (tertiary alicyclic amines) is 1. The van der Waals surface area contributed by atoms with Crippen molar-refractivity contribution < 1.29 is 14.7 Å². The van der Waals surface area contributed by atoms with Crippen LogP contribution in [-0.2, 0) is 0 Å². The highest BCUT2D eigenvalue weighted by Crippen LogP contribution is 2.29. The van der Waals surface area contributed by atoms with Crippen LogP contribution in [0.15, 0.2) is 48.5 Å². The Morgan fingerprint density at radius 2 is 1.66 bits per heavy atom. The van der Waals surface area contributed by atoms with Crippen molar-refractivity contribution >= 4 is 35.1 Å². The zero-order chi connectivity index (χ0) is 22.5. The number of hydrogen-bond acceptors (Lipinski definition) is 3. The van der Waals surface area contributed by atoms with E-state index in [4.69, 9.17) is 16.7 Å². The van der Waals surface area contributed by atoms with E-state index in [1.807, 2.05) is 41.3 Å². The molecule has 0 bridgehead atoms. The highest BCUT2D eigenvalue weighted by atomic mass is 35.5. The molecule has 32 heavy (non-hydrogen) atoms. The van der Waals surface area contributed by atoms with Gasteiger partial charge < -0.3 is 25.5 Å². The van der Waals surface area contributed by atoms with Crippen molar-refractivity contribution in [2.75, 3.05) is 42.9 Å². The molecule has 2 aromatic rings. The first kappa shape index (κ1) is 22.3. The van der Waals surface area contributed by atoms with E-state index in [9.17, 15) is 9.59 Å². The second-order valence-corrected chi connectivity index (χ2v) is 9.01. The second-order valence-electron chi connectivity index (χ2n) is 8.58. The zero-order valence-corrected chi connectivity index (χ0v) is 18.7. The van der Waals surface area contributed by atoms with Crippen molar-refractivity contribution in [1.29, 1.82) is 0 Å². The van der Waals surface area contributed by atoms with Gasteiger partial charge in [-0.2, -0.15) is 0 Å². The van der Waals surface area contributed by atoms with E-state index >= 15 is 0 Å². The highest BCUT2D eigenvalue weighted by Gasteiger charge is 2.25. The fourth-order valence-corrected chi connectivity index (χ4v) is 4.70. The number of carbonyl (C=O) groups is 2. The summed E-state index contributed by atoms with van der Waals surface area (Å²) < 4.78 is 0. The average molecular weight is 457 g/mol. The molecule has 7 nitrogen and oxygen atoms in total. The lowest BCUT2D eigenvalue weighted by Gasteiger charge is -2.32. The summed E-state index contributed by atoms with van der Waals surface area (Å²) in [5.41, 5.74) is 3.15. The molecule has 1 unspecified atom stereocenters. The summed E-state index contributed by atoms with van der Waals surface area (Å²) in [6.45, 7) is 3.68. The number of urea groups is 1. The molecule has 2 aliphatic heterocycles. The van der Waals surface area contributed by atoms with Crippen LogP contribution in [0.2, 0.25) is 5.02 Å². The summed E-state index contributed by atoms with van der Waals surface area (Å²) in [4.78, 5) is 27.5. The molecule has 0 saturated carbocycles. The van der Waals surface area contributed by atoms with E-state index in [2.05, 4.69) is 27.7 Å². The van der Waals surface area contributed by atoms with Crippen LogP contribution in [0.4, 0.5) is 21.0 Å². The minimum absolute atomic E-state index is 0.0618. The van der Waals surface area contributed by atoms with Gasteiger partial charge in [0.15, 0.2) is 0 Å². The van der Waals surface area contributed by atoms with Gasteiger partial charge in [-0.05, 0) is 73.1 Å². The Bertz CT molecular complexity index is 927. The Balaban J connectivity index is 1.24. The molecule has 2 aliphatic rings. The van der Waals surface area contributed by atoms with Crippen LogP contribution in [-0.4, -0.2) is 54.9 Å². The van der Waals surface area contributed by atoms with Gasteiger partial charge in [-0.3, -0.25) is 0 Å². The number of hydrogen-bond donors (Lipinski definition) is 3. The standard InChI is InChI=1S/C24H29ClN4O3/c25-20-3-1-18(2-4-20)19-10-13-28(14-11-19)23(30)27-21-5-7-22(8-6-21)29-12-9-17(16-29)15-26-24(31)32/h1-8,17,19,26H,9-16H2,(H,27,30)(H,31,32). The monoisotopic (exact) mass is 456 g/mol. The molecule has 4 rings (SSSR count). The van der Waals surface area contributed by atoms with Crippen LogP contribution >= 0.6 is 11.6 Å². The fourth-order valence-electron chi connectivity index (χ4n) is 4.57. The van der Waals surface area contributed by atoms with E-state index in [-0.39, 0.29) is 6.03 Å². The highest BCUT2D eigenvalue weighted by molar-refractivity contribution is 6.30. The van der Waals surface area contributed by atoms with Crippen LogP contribution in [0, 0.1) is 5.92 Å². The maximum atomic E-state index is 12.7. The molecule has 0 radical (unpaired) electrons. The number of halogens is 1. The normalized spacial score (nSPS) is 19.1. The predicted octanol–water partition coefficient (Wildman–Crippen LogP) is 4.85. The van der Waals surface area contributed by atoms with Crippen LogP contribution < -0.4 is 15.5 Å². The zero-order valence-electron chi connectivity index (χ0n) is 18.0. The number of nitrogens with one attached hydrogen (secondary N) is 2. The summed E-state index contributed by atoms with van der Waals surface area (Å²) in [6.07, 6.45) is 1.88. The molecular formula is C24H29ClN4O3. The lowest BCUT2D eigenvalue weighted by atomic mass is 9.89. The first-order valence-electron chi connectivity index (χ1n) is 11.1. The second kappa shape index (κ2) is 10.1. The predicted molar refractivity (Wildman–Crippen MR) is 127 cm³/mol. The molecule has 170 valence electrons. The maximum Gasteiger partial charge on any atom is 0.404 e. The van der Waals surface area contributed by atoms with Gasteiger partial charge in [-0.1, -0.05) is 23.7 Å². The van der Waals surface area contributed by atoms with E-state index in [0.717, 1.165) is 61.8 Å². The van der Waals surface area contributed by atoms with E-state index in [1.54, 1.807) is 0 Å². The van der Waals surface area contributed by atoms with Gasteiger partial charge in [-0.15, -0.1) is 0 Å². The molecule has 3 N–H and O–H groups in total. The number of carboxylic acid groups (broad SMARTS) is 1. The summed E-state index contributed by atoms with van der Waals surface area (Å²) in [6, 6.07) is 15.8. The molecule has 8 heteroatoms. The molecule has 2 heterocycles. The first-order valence-corrected chi connectivity index (χ1v) is 11.5. The Kier molecular flexibility index (Phi) is 7.05. The number of rotatable bonds is 5. The summed E-state index contributed by atoms with van der Waals surface area (Å²) >= 11 is 5.98. The molecule has 1 atom stereocenters. The van der Waals surface area contributed by atoms with Crippen molar-refractivity contribution in [2.45, 2.75) is 25.2 Å². The molecule has 2 fully saturated rings. The Morgan fingerprint density at radius 1 is 0.969 bits per heavy atom. The lowest BCUT2D eigenvalue weighted by molar-refractivity contribution is 0.192. The first-order chi connectivity index (χ1) is 15.5. The number of benzene rings is 2. The van der Waals surface area contributed by atoms with Gasteiger partial charge in [-0.25, -0.2) is 9.59 Å². The molecule has 0 aromatic heterocycles. The van der Waals surface area contributed by atoms with Crippen molar-refractivity contribution in [1.82, 2.24) is 10.2 Å². The van der Waals surface area contributed by atoms with Gasteiger partial charge >= 0.3 is 12.1 Å². The Morgan fingerprint density at radius 3 is 2.31 bits per heavy atom. The third-order valence-corrected chi connectivity index (χ3v) is 6.69. The number of piperidine rings is 1. The Labute approximate surface area is 193 Å². The third kappa shape index (κ3) is 5.65. The van der Waals surface area contributed by atoms with E-state index in [1.165, 1.54) is 5.56 Å². The number of nitrogens with zero attached hydrogens (tertiary/aromatic N) is 2. The lowest BCUT2D eigenvalue weighted by Crippen LogP contribution is -2.40. The van der Waals surface area contributed by atoms with Crippen LogP contribution in [0.1, 0.15) is 30.7 Å². The maximum absolute atomic E-state index is 12.7. The van der Waals surface area contributed by atoms with E-state index < -0.39 is 6.09 Å². The largest absolute Gasteiger partial charge is 0.465 e. The van der Waals surface area contributed by atoms with Gasteiger partial charge in [0.2, 0.25) is 0 Å². The summed E-state index contributed by atoms with van der Waals surface area (Å²) in [7, 11) is 0. The van der Waals surface area contributed by atoms with Gasteiger partial charge in [0.25, 0.3) is 0 Å². The minimum Gasteiger partial charge on any atom is -0.465 e. The smallest absolute Gasteiger partial charge is 0.404 e. The Hall–Kier alpha value is -2.93. The summed E-state index contributed by atoms with van der Waals surface area (Å²) in [5.74, 6) is 0.784. The van der Waals surface area contributed by atoms with Crippen LogP contribution in [0.25, 0.3) is 0 Å². The van der Waals surface area contributed by atoms with Gasteiger partial charge in [0.1, 0.15) is 0 Å². The fraction of sp³-hybridized carbons (Fsp3) is 0.417. The van der Waals surface area contributed by atoms with Crippen LogP contribution in [0.3, 0.4) is 0 Å². The molecule has 0 aliphatic carbocycles. The number of carbonyl (C=O) groups excluding carboxylic acids is 1. The molecule has 2 saturated heterocycles. The topological polar surface area (TPSA) is 84.9 Å². The summed E-state index contributed by atoms with van der Waals surface area (Å²) in [5, 5.41) is 15.0. The SMILES string of the molecule is O=C(O)NCC1CCN(c2ccc(NC(=O)N3CCC(c4ccc(Cl)cc4)CC3)cc2)C1. The number of anilines is 2. The quantitative estimate of drug-likeness (QED) is 0.600. The average Bonchev–Trinajstić information content (AvgIpc) is 3.28. The van der Waals surface area contributed by atoms with Gasteiger partial charge in [0, 0.05) is 49.1 Å². The van der Waals surface area contributed by atoms with Gasteiger partial charge in [0.05, 0.1) is 0 Å². The molecule has 3 amide bonds.